The Bertz CT molecular complexity index is 405. The van der Waals surface area contributed by atoms with Crippen LogP contribution >= 0.6 is 0 Å². The third kappa shape index (κ3) is 2.55. The zero-order valence-electron chi connectivity index (χ0n) is 10.6. The van der Waals surface area contributed by atoms with Crippen LogP contribution in [0.4, 0.5) is 0 Å². The molecule has 3 rings (SSSR count). The first-order chi connectivity index (χ1) is 8.76. The van der Waals surface area contributed by atoms with E-state index in [4.69, 9.17) is 14.4 Å². The summed E-state index contributed by atoms with van der Waals surface area (Å²) in [4.78, 5) is 6.66. The van der Waals surface area contributed by atoms with Crippen LogP contribution in [0.2, 0.25) is 0 Å². The maximum atomic E-state index is 9.14. The molecule has 1 aliphatic heterocycles. The highest BCUT2D eigenvalue weighted by Gasteiger charge is 2.31. The maximum Gasteiger partial charge on any atom is 0.229 e. The van der Waals surface area contributed by atoms with E-state index in [9.17, 15) is 0 Å². The highest BCUT2D eigenvalue weighted by Crippen LogP contribution is 2.38. The summed E-state index contributed by atoms with van der Waals surface area (Å²) in [5.74, 6) is 2.02. The van der Waals surface area contributed by atoms with Crippen LogP contribution in [0.15, 0.2) is 4.52 Å². The van der Waals surface area contributed by atoms with Crippen molar-refractivity contribution in [1.82, 2.24) is 15.0 Å². The van der Waals surface area contributed by atoms with Crippen molar-refractivity contribution < 1.29 is 14.4 Å². The lowest BCUT2D eigenvalue weighted by Crippen LogP contribution is -2.49. The van der Waals surface area contributed by atoms with Gasteiger partial charge in [-0.3, -0.25) is 4.90 Å². The van der Waals surface area contributed by atoms with Crippen LogP contribution in [-0.4, -0.2) is 52.1 Å². The molecule has 100 valence electrons. The van der Waals surface area contributed by atoms with E-state index in [1.165, 1.54) is 12.8 Å². The predicted octanol–water partition coefficient (Wildman–Crippen LogP) is 0.529. The van der Waals surface area contributed by atoms with E-state index >= 15 is 0 Å². The third-order valence-corrected chi connectivity index (χ3v) is 3.59. The van der Waals surface area contributed by atoms with Crippen molar-refractivity contribution >= 4 is 0 Å². The van der Waals surface area contributed by atoms with Gasteiger partial charge in [0.1, 0.15) is 0 Å². The highest BCUT2D eigenvalue weighted by molar-refractivity contribution is 5.01. The van der Waals surface area contributed by atoms with Gasteiger partial charge in [-0.15, -0.1) is 0 Å². The number of rotatable bonds is 4. The minimum absolute atomic E-state index is 0.0583. The first-order valence-electron chi connectivity index (χ1n) is 6.55. The van der Waals surface area contributed by atoms with Crippen molar-refractivity contribution in [2.24, 2.45) is 0 Å². The van der Waals surface area contributed by atoms with Gasteiger partial charge in [-0.1, -0.05) is 5.16 Å². The van der Waals surface area contributed by atoms with Gasteiger partial charge >= 0.3 is 0 Å². The summed E-state index contributed by atoms with van der Waals surface area (Å²) < 4.78 is 10.8. The Hall–Kier alpha value is -0.980. The summed E-state index contributed by atoms with van der Waals surface area (Å²) in [5, 5.41) is 13.2. The van der Waals surface area contributed by atoms with E-state index in [0.717, 1.165) is 11.7 Å². The number of nitrogens with zero attached hydrogens (tertiary/aromatic N) is 3. The van der Waals surface area contributed by atoms with E-state index in [1.807, 2.05) is 0 Å². The minimum atomic E-state index is -0.101. The molecule has 1 N–H and O–H groups in total. The average Bonchev–Trinajstić information content (AvgIpc) is 3.13. The Morgan fingerprint density at radius 2 is 2.28 bits per heavy atom. The van der Waals surface area contributed by atoms with Crippen LogP contribution in [0.3, 0.4) is 0 Å². The van der Waals surface area contributed by atoms with Gasteiger partial charge in [0.25, 0.3) is 0 Å². The smallest absolute Gasteiger partial charge is 0.229 e. The number of aromatic nitrogens is 2. The molecule has 0 amide bonds. The van der Waals surface area contributed by atoms with Crippen molar-refractivity contribution in [3.8, 4) is 0 Å². The van der Waals surface area contributed by atoms with Crippen LogP contribution in [0.25, 0.3) is 0 Å². The van der Waals surface area contributed by atoms with Crippen molar-refractivity contribution in [3.05, 3.63) is 11.7 Å². The highest BCUT2D eigenvalue weighted by atomic mass is 16.5. The molecule has 1 saturated carbocycles. The normalized spacial score (nSPS) is 29.7. The number of hydrogen-bond acceptors (Lipinski definition) is 6. The number of hydrogen-bond donors (Lipinski definition) is 1. The van der Waals surface area contributed by atoms with E-state index in [-0.39, 0.29) is 12.7 Å². The van der Waals surface area contributed by atoms with E-state index < -0.39 is 0 Å². The standard InChI is InChI=1S/C12H19N3O3/c1-8-7-17-10(6-16)4-15(8)5-11-13-12(18-14-11)9-2-3-9/h8-10,16H,2-7H2,1H3. The van der Waals surface area contributed by atoms with Gasteiger partial charge in [0.05, 0.1) is 25.9 Å². The predicted molar refractivity (Wildman–Crippen MR) is 63.0 cm³/mol. The van der Waals surface area contributed by atoms with Crippen molar-refractivity contribution in [3.63, 3.8) is 0 Å². The molecular formula is C12H19N3O3. The molecule has 2 atom stereocenters. The van der Waals surface area contributed by atoms with Gasteiger partial charge in [0, 0.05) is 18.5 Å². The molecule has 0 radical (unpaired) electrons. The molecule has 1 saturated heterocycles. The largest absolute Gasteiger partial charge is 0.394 e. The number of ether oxygens (including phenoxy) is 1. The molecular weight excluding hydrogens is 234 g/mol. The van der Waals surface area contributed by atoms with Gasteiger partial charge < -0.3 is 14.4 Å². The molecule has 2 fully saturated rings. The number of aliphatic hydroxyl groups excluding tert-OH is 1. The van der Waals surface area contributed by atoms with Crippen LogP contribution in [0.5, 0.6) is 0 Å². The number of morpholine rings is 1. The van der Waals surface area contributed by atoms with E-state index in [0.29, 0.717) is 31.7 Å². The number of aliphatic hydroxyl groups is 1. The summed E-state index contributed by atoms with van der Waals surface area (Å²) in [7, 11) is 0. The molecule has 1 aromatic rings. The second kappa shape index (κ2) is 4.95. The fourth-order valence-corrected chi connectivity index (χ4v) is 2.22. The Morgan fingerprint density at radius 1 is 1.44 bits per heavy atom. The second-order valence-electron chi connectivity index (χ2n) is 5.24. The average molecular weight is 253 g/mol. The molecule has 1 aromatic heterocycles. The van der Waals surface area contributed by atoms with Crippen molar-refractivity contribution in [2.75, 3.05) is 19.8 Å². The van der Waals surface area contributed by atoms with Gasteiger partial charge in [0.2, 0.25) is 5.89 Å². The minimum Gasteiger partial charge on any atom is -0.394 e. The third-order valence-electron chi connectivity index (χ3n) is 3.59. The fourth-order valence-electron chi connectivity index (χ4n) is 2.22. The Morgan fingerprint density at radius 3 is 3.00 bits per heavy atom. The molecule has 0 aromatic carbocycles. The zero-order valence-corrected chi connectivity index (χ0v) is 10.6. The summed E-state index contributed by atoms with van der Waals surface area (Å²) in [6.07, 6.45) is 2.24. The molecule has 0 spiro atoms. The summed E-state index contributed by atoms with van der Waals surface area (Å²) >= 11 is 0. The molecule has 2 aliphatic rings. The zero-order chi connectivity index (χ0) is 12.5. The fraction of sp³-hybridized carbons (Fsp3) is 0.833. The van der Waals surface area contributed by atoms with Gasteiger partial charge in [-0.25, -0.2) is 0 Å². The SMILES string of the molecule is CC1COC(CO)CN1Cc1noc(C2CC2)n1. The Labute approximate surface area is 106 Å². The summed E-state index contributed by atoms with van der Waals surface area (Å²) in [6, 6.07) is 0.315. The van der Waals surface area contributed by atoms with E-state index in [1.54, 1.807) is 0 Å². The molecule has 6 nitrogen and oxygen atoms in total. The first-order valence-corrected chi connectivity index (χ1v) is 6.55. The van der Waals surface area contributed by atoms with Gasteiger partial charge in [0.15, 0.2) is 5.82 Å². The molecule has 18 heavy (non-hydrogen) atoms. The second-order valence-corrected chi connectivity index (χ2v) is 5.24. The quantitative estimate of drug-likeness (QED) is 0.844. The first kappa shape index (κ1) is 12.1. The van der Waals surface area contributed by atoms with E-state index in [2.05, 4.69) is 22.0 Å². The van der Waals surface area contributed by atoms with Crippen LogP contribution in [-0.2, 0) is 11.3 Å². The summed E-state index contributed by atoms with van der Waals surface area (Å²) in [5.41, 5.74) is 0. The molecule has 2 heterocycles. The van der Waals surface area contributed by atoms with Gasteiger partial charge in [-0.05, 0) is 19.8 Å². The Kier molecular flexibility index (Phi) is 3.32. The lowest BCUT2D eigenvalue weighted by molar-refractivity contribution is -0.0813. The maximum absolute atomic E-state index is 9.14. The molecule has 0 bridgehead atoms. The monoisotopic (exact) mass is 253 g/mol. The van der Waals surface area contributed by atoms with Crippen LogP contribution in [0, 0.1) is 0 Å². The lowest BCUT2D eigenvalue weighted by Gasteiger charge is -2.36. The Balaban J connectivity index is 1.62. The topological polar surface area (TPSA) is 71.6 Å². The van der Waals surface area contributed by atoms with Crippen LogP contribution < -0.4 is 0 Å². The van der Waals surface area contributed by atoms with Crippen LogP contribution in [0.1, 0.15) is 37.4 Å². The van der Waals surface area contributed by atoms with Crippen molar-refractivity contribution in [1.29, 1.82) is 0 Å². The van der Waals surface area contributed by atoms with Gasteiger partial charge in [-0.2, -0.15) is 4.98 Å². The molecule has 1 aliphatic carbocycles. The molecule has 6 heteroatoms. The van der Waals surface area contributed by atoms with Crippen molar-refractivity contribution in [2.45, 2.75) is 44.4 Å². The summed E-state index contributed by atoms with van der Waals surface area (Å²) in [6.45, 7) is 4.18. The lowest BCUT2D eigenvalue weighted by atomic mass is 10.2. The molecule has 2 unspecified atom stereocenters.